The number of halogens is 2. The summed E-state index contributed by atoms with van der Waals surface area (Å²) in [7, 11) is 0. The van der Waals surface area contributed by atoms with E-state index in [0.29, 0.717) is 32.6 Å². The Morgan fingerprint density at radius 2 is 2.04 bits per heavy atom. The lowest BCUT2D eigenvalue weighted by Crippen LogP contribution is -2.20. The van der Waals surface area contributed by atoms with Crippen molar-refractivity contribution in [2.24, 2.45) is 5.10 Å². The zero-order valence-electron chi connectivity index (χ0n) is 12.1. The predicted octanol–water partition coefficient (Wildman–Crippen LogP) is 3.71. The molecule has 0 atom stereocenters. The van der Waals surface area contributed by atoms with Crippen LogP contribution in [0.2, 0.25) is 10.0 Å². The molecule has 0 aliphatic carbocycles. The molecule has 0 aliphatic heterocycles. The molecule has 3 aromatic rings. The summed E-state index contributed by atoms with van der Waals surface area (Å²) < 4.78 is 1.64. The van der Waals surface area contributed by atoms with Gasteiger partial charge in [-0.25, -0.2) is 10.4 Å². The topological polar surface area (TPSA) is 58.8 Å². The van der Waals surface area contributed by atoms with Crippen molar-refractivity contribution in [1.29, 1.82) is 0 Å². The quantitative estimate of drug-likeness (QED) is 0.580. The highest BCUT2D eigenvalue weighted by Gasteiger charge is 2.16. The number of nitrogens with zero attached hydrogens (tertiary/aromatic N) is 3. The number of aryl methyl sites for hydroxylation is 1. The standard InChI is InChI=1S/C16H12Cl2N4O/c1-10-15(22-9-12(17)6-7-14(22)20-10)16(23)21-19-8-11-4-2-3-5-13(11)18/h2-9H,1H3,(H,21,23). The summed E-state index contributed by atoms with van der Waals surface area (Å²) >= 11 is 12.0. The van der Waals surface area contributed by atoms with E-state index in [1.54, 1.807) is 41.8 Å². The molecule has 7 heteroatoms. The first kappa shape index (κ1) is 15.5. The molecule has 3 rings (SSSR count). The number of imidazole rings is 1. The van der Waals surface area contributed by atoms with Gasteiger partial charge in [-0.05, 0) is 25.1 Å². The number of amides is 1. The SMILES string of the molecule is Cc1nc2ccc(Cl)cn2c1C(=O)NN=Cc1ccccc1Cl. The van der Waals surface area contributed by atoms with Crippen LogP contribution in [0.3, 0.4) is 0 Å². The van der Waals surface area contributed by atoms with E-state index in [2.05, 4.69) is 15.5 Å². The summed E-state index contributed by atoms with van der Waals surface area (Å²) in [4.78, 5) is 16.7. The summed E-state index contributed by atoms with van der Waals surface area (Å²) in [6, 6.07) is 10.7. The van der Waals surface area contributed by atoms with Gasteiger partial charge in [-0.2, -0.15) is 5.10 Å². The molecule has 0 bridgehead atoms. The number of fused-ring (bicyclic) bond motifs is 1. The second kappa shape index (κ2) is 6.40. The maximum Gasteiger partial charge on any atom is 0.290 e. The van der Waals surface area contributed by atoms with Gasteiger partial charge >= 0.3 is 0 Å². The normalized spacial score (nSPS) is 11.3. The summed E-state index contributed by atoms with van der Waals surface area (Å²) in [5.74, 6) is -0.374. The number of hydrogen-bond donors (Lipinski definition) is 1. The molecule has 0 radical (unpaired) electrons. The highest BCUT2D eigenvalue weighted by molar-refractivity contribution is 6.33. The van der Waals surface area contributed by atoms with Crippen molar-refractivity contribution in [2.75, 3.05) is 0 Å². The molecular weight excluding hydrogens is 335 g/mol. The second-order valence-electron chi connectivity index (χ2n) is 4.84. The van der Waals surface area contributed by atoms with E-state index in [1.807, 2.05) is 12.1 Å². The van der Waals surface area contributed by atoms with Gasteiger partial charge in [-0.3, -0.25) is 9.20 Å². The van der Waals surface area contributed by atoms with Crippen molar-refractivity contribution in [3.05, 3.63) is 69.6 Å². The molecule has 1 aromatic carbocycles. The van der Waals surface area contributed by atoms with Crippen LogP contribution in [0.25, 0.3) is 5.65 Å². The third-order valence-corrected chi connectivity index (χ3v) is 3.81. The third-order valence-electron chi connectivity index (χ3n) is 3.25. The highest BCUT2D eigenvalue weighted by Crippen LogP contribution is 2.16. The molecule has 1 amide bonds. The number of carbonyl (C=O) groups excluding carboxylic acids is 1. The van der Waals surface area contributed by atoms with Gasteiger partial charge in [-0.15, -0.1) is 0 Å². The highest BCUT2D eigenvalue weighted by atomic mass is 35.5. The van der Waals surface area contributed by atoms with Gasteiger partial charge in [-0.1, -0.05) is 41.4 Å². The van der Waals surface area contributed by atoms with Crippen LogP contribution >= 0.6 is 23.2 Å². The molecule has 0 saturated carbocycles. The number of hydrogen-bond acceptors (Lipinski definition) is 3. The first-order valence-electron chi connectivity index (χ1n) is 6.78. The molecule has 2 heterocycles. The van der Waals surface area contributed by atoms with Crippen LogP contribution in [-0.4, -0.2) is 21.5 Å². The fraction of sp³-hybridized carbons (Fsp3) is 0.0625. The van der Waals surface area contributed by atoms with Gasteiger partial charge < -0.3 is 0 Å². The van der Waals surface area contributed by atoms with Gasteiger partial charge in [0.2, 0.25) is 0 Å². The number of aromatic nitrogens is 2. The predicted molar refractivity (Wildman–Crippen MR) is 91.5 cm³/mol. The van der Waals surface area contributed by atoms with E-state index in [-0.39, 0.29) is 5.91 Å². The molecule has 23 heavy (non-hydrogen) atoms. The molecule has 0 saturated heterocycles. The number of carbonyl (C=O) groups is 1. The van der Waals surface area contributed by atoms with Crippen molar-refractivity contribution >= 4 is 41.0 Å². The third kappa shape index (κ3) is 3.21. The Morgan fingerprint density at radius 3 is 2.83 bits per heavy atom. The Bertz CT molecular complexity index is 918. The van der Waals surface area contributed by atoms with Crippen LogP contribution in [-0.2, 0) is 0 Å². The van der Waals surface area contributed by atoms with Gasteiger partial charge in [0.15, 0.2) is 0 Å². The van der Waals surface area contributed by atoms with Gasteiger partial charge in [0.1, 0.15) is 11.3 Å². The van der Waals surface area contributed by atoms with Crippen molar-refractivity contribution in [1.82, 2.24) is 14.8 Å². The van der Waals surface area contributed by atoms with Gasteiger partial charge in [0.25, 0.3) is 5.91 Å². The van der Waals surface area contributed by atoms with Crippen LogP contribution in [0.5, 0.6) is 0 Å². The molecule has 0 aliphatic rings. The zero-order valence-corrected chi connectivity index (χ0v) is 13.6. The second-order valence-corrected chi connectivity index (χ2v) is 5.69. The minimum atomic E-state index is -0.374. The van der Waals surface area contributed by atoms with Crippen molar-refractivity contribution < 1.29 is 4.79 Å². The van der Waals surface area contributed by atoms with Crippen molar-refractivity contribution in [3.8, 4) is 0 Å². The Kier molecular flexibility index (Phi) is 4.32. The van der Waals surface area contributed by atoms with E-state index in [9.17, 15) is 4.79 Å². The lowest BCUT2D eigenvalue weighted by molar-refractivity contribution is 0.0948. The fourth-order valence-corrected chi connectivity index (χ4v) is 2.55. The Balaban J connectivity index is 1.85. The minimum absolute atomic E-state index is 0.374. The minimum Gasteiger partial charge on any atom is -0.294 e. The summed E-state index contributed by atoms with van der Waals surface area (Å²) in [6.07, 6.45) is 3.13. The summed E-state index contributed by atoms with van der Waals surface area (Å²) in [6.45, 7) is 1.76. The molecule has 0 fully saturated rings. The van der Waals surface area contributed by atoms with Crippen molar-refractivity contribution in [2.45, 2.75) is 6.92 Å². The van der Waals surface area contributed by atoms with Gasteiger partial charge in [0, 0.05) is 16.8 Å². The van der Waals surface area contributed by atoms with Crippen LogP contribution in [0.1, 0.15) is 21.7 Å². The molecule has 2 aromatic heterocycles. The number of rotatable bonds is 3. The summed E-state index contributed by atoms with van der Waals surface area (Å²) in [5, 5.41) is 5.02. The molecular formula is C16H12Cl2N4O. The van der Waals surface area contributed by atoms with E-state index >= 15 is 0 Å². The Hall–Kier alpha value is -2.37. The van der Waals surface area contributed by atoms with Crippen molar-refractivity contribution in [3.63, 3.8) is 0 Å². The summed E-state index contributed by atoms with van der Waals surface area (Å²) in [5.41, 5.74) is 4.82. The van der Waals surface area contributed by atoms with E-state index in [0.717, 1.165) is 0 Å². The number of pyridine rings is 1. The Morgan fingerprint density at radius 1 is 1.26 bits per heavy atom. The van der Waals surface area contributed by atoms with Crippen LogP contribution in [0.4, 0.5) is 0 Å². The van der Waals surface area contributed by atoms with Crippen LogP contribution in [0.15, 0.2) is 47.7 Å². The molecule has 0 spiro atoms. The Labute approximate surface area is 142 Å². The number of nitrogens with one attached hydrogen (secondary N) is 1. The fourth-order valence-electron chi connectivity index (χ4n) is 2.20. The average Bonchev–Trinajstić information content (AvgIpc) is 2.84. The lowest BCUT2D eigenvalue weighted by Gasteiger charge is -2.02. The lowest BCUT2D eigenvalue weighted by atomic mass is 10.2. The first-order chi connectivity index (χ1) is 11.1. The molecule has 0 unspecified atom stereocenters. The molecule has 5 nitrogen and oxygen atoms in total. The average molecular weight is 347 g/mol. The first-order valence-corrected chi connectivity index (χ1v) is 7.54. The van der Waals surface area contributed by atoms with E-state index in [1.165, 1.54) is 6.21 Å². The molecule has 1 N–H and O–H groups in total. The van der Waals surface area contributed by atoms with Crippen LogP contribution in [0, 0.1) is 6.92 Å². The monoisotopic (exact) mass is 346 g/mol. The maximum atomic E-state index is 12.4. The zero-order chi connectivity index (χ0) is 16.4. The maximum absolute atomic E-state index is 12.4. The van der Waals surface area contributed by atoms with Gasteiger partial charge in [0.05, 0.1) is 16.9 Å². The molecule has 116 valence electrons. The van der Waals surface area contributed by atoms with Crippen LogP contribution < -0.4 is 5.43 Å². The largest absolute Gasteiger partial charge is 0.294 e. The van der Waals surface area contributed by atoms with E-state index < -0.39 is 0 Å². The number of hydrazone groups is 1. The van der Waals surface area contributed by atoms with E-state index in [4.69, 9.17) is 23.2 Å². The number of benzene rings is 1. The smallest absolute Gasteiger partial charge is 0.290 e.